The highest BCUT2D eigenvalue weighted by Gasteiger charge is 2.47. The second kappa shape index (κ2) is 5.94. The molecule has 0 bridgehead atoms. The number of hydrogen-bond donors (Lipinski definition) is 1. The first-order chi connectivity index (χ1) is 10.9. The third-order valence-corrected chi connectivity index (χ3v) is 5.93. The molecule has 0 aliphatic heterocycles. The van der Waals surface area contributed by atoms with Crippen molar-refractivity contribution in [1.82, 2.24) is 0 Å². The minimum Gasteiger partial charge on any atom is -0.395 e. The van der Waals surface area contributed by atoms with Gasteiger partial charge in [-0.15, -0.1) is 0 Å². The Morgan fingerprint density at radius 3 is 2.78 bits per heavy atom. The van der Waals surface area contributed by atoms with E-state index in [0.29, 0.717) is 17.9 Å². The van der Waals surface area contributed by atoms with Crippen LogP contribution in [0.4, 0.5) is 10.1 Å². The van der Waals surface area contributed by atoms with Crippen LogP contribution in [0.5, 0.6) is 0 Å². The summed E-state index contributed by atoms with van der Waals surface area (Å²) in [7, 11) is 0. The first kappa shape index (κ1) is 16.5. The van der Waals surface area contributed by atoms with Crippen LogP contribution in [-0.2, 0) is 11.2 Å². The van der Waals surface area contributed by atoms with Crippen LogP contribution in [0.3, 0.4) is 0 Å². The van der Waals surface area contributed by atoms with E-state index in [9.17, 15) is 9.18 Å². The van der Waals surface area contributed by atoms with Crippen LogP contribution in [0.15, 0.2) is 11.6 Å². The lowest BCUT2D eigenvalue weighted by Gasteiger charge is -2.36. The monoisotopic (exact) mass is 335 g/mol. The van der Waals surface area contributed by atoms with Gasteiger partial charge in [0.15, 0.2) is 5.78 Å². The van der Waals surface area contributed by atoms with Gasteiger partial charge in [0.1, 0.15) is 5.82 Å². The van der Waals surface area contributed by atoms with E-state index in [4.69, 9.17) is 17.3 Å². The third-order valence-electron chi connectivity index (χ3n) is 5.50. The molecule has 1 unspecified atom stereocenters. The highest BCUT2D eigenvalue weighted by atomic mass is 35.5. The molecule has 23 heavy (non-hydrogen) atoms. The average molecular weight is 336 g/mol. The van der Waals surface area contributed by atoms with Crippen molar-refractivity contribution >= 4 is 28.6 Å². The number of unbranched alkanes of at least 4 members (excludes halogenated alkanes) is 1. The molecule has 2 N–H and O–H groups in total. The molecule has 1 atom stereocenters. The van der Waals surface area contributed by atoms with E-state index >= 15 is 0 Å². The number of Topliss-reactive ketones (excluding diaryl/α,β-unsaturated/α-hetero) is 1. The van der Waals surface area contributed by atoms with Crippen LogP contribution in [0.2, 0.25) is 5.02 Å². The Kier molecular flexibility index (Phi) is 4.26. The van der Waals surface area contributed by atoms with Crippen molar-refractivity contribution in [3.05, 3.63) is 33.6 Å². The molecule has 1 aromatic carbocycles. The van der Waals surface area contributed by atoms with Gasteiger partial charge in [-0.1, -0.05) is 38.3 Å². The third kappa shape index (κ3) is 2.40. The van der Waals surface area contributed by atoms with Gasteiger partial charge in [-0.05, 0) is 54.0 Å². The summed E-state index contributed by atoms with van der Waals surface area (Å²) in [4.78, 5) is 12.4. The standard InChI is InChI=1S/C19H23ClFNO/c1-3-5-7-19-8-6-15(23)11(4-2)16(19)12-9-14(21)18(22)17(20)13(12)10-19/h9H,3-8,10,22H2,1-2H3. The number of nitrogen functional groups attached to an aromatic ring is 1. The topological polar surface area (TPSA) is 43.1 Å². The summed E-state index contributed by atoms with van der Waals surface area (Å²) < 4.78 is 14.2. The Labute approximate surface area is 141 Å². The molecule has 2 aliphatic carbocycles. The number of carbonyl (C=O) groups is 1. The Morgan fingerprint density at radius 2 is 2.13 bits per heavy atom. The fraction of sp³-hybridized carbons (Fsp3) is 0.526. The fourth-order valence-corrected chi connectivity index (χ4v) is 4.61. The van der Waals surface area contributed by atoms with E-state index in [1.54, 1.807) is 0 Å². The van der Waals surface area contributed by atoms with Gasteiger partial charge in [-0.3, -0.25) is 4.79 Å². The number of fused-ring (bicyclic) bond motifs is 3. The number of carbonyl (C=O) groups excluding carboxylic acids is 1. The molecule has 0 radical (unpaired) electrons. The lowest BCUT2D eigenvalue weighted by atomic mass is 9.67. The van der Waals surface area contributed by atoms with Crippen molar-refractivity contribution < 1.29 is 9.18 Å². The maximum absolute atomic E-state index is 14.2. The normalized spacial score (nSPS) is 23.2. The van der Waals surface area contributed by atoms with E-state index in [1.807, 2.05) is 6.92 Å². The summed E-state index contributed by atoms with van der Waals surface area (Å²) in [5.41, 5.74) is 9.42. The van der Waals surface area contributed by atoms with Crippen LogP contribution in [0.25, 0.3) is 5.57 Å². The maximum atomic E-state index is 14.2. The van der Waals surface area contributed by atoms with Gasteiger partial charge < -0.3 is 5.73 Å². The Bertz CT molecular complexity index is 710. The predicted molar refractivity (Wildman–Crippen MR) is 92.9 cm³/mol. The van der Waals surface area contributed by atoms with Crippen molar-refractivity contribution in [2.24, 2.45) is 5.41 Å². The lowest BCUT2D eigenvalue weighted by Crippen LogP contribution is -2.28. The molecule has 1 aromatic rings. The maximum Gasteiger partial charge on any atom is 0.159 e. The van der Waals surface area contributed by atoms with Gasteiger partial charge in [0.25, 0.3) is 0 Å². The molecule has 0 amide bonds. The molecule has 0 saturated heterocycles. The zero-order chi connectivity index (χ0) is 16.8. The van der Waals surface area contributed by atoms with Crippen LogP contribution >= 0.6 is 11.6 Å². The molecular weight excluding hydrogens is 313 g/mol. The lowest BCUT2D eigenvalue weighted by molar-refractivity contribution is -0.116. The number of allylic oxidation sites excluding steroid dienone is 2. The van der Waals surface area contributed by atoms with E-state index in [-0.39, 0.29) is 16.9 Å². The van der Waals surface area contributed by atoms with Crippen molar-refractivity contribution in [3.8, 4) is 0 Å². The van der Waals surface area contributed by atoms with Crippen molar-refractivity contribution in [2.45, 2.75) is 58.8 Å². The minimum absolute atomic E-state index is 0.0275. The summed E-state index contributed by atoms with van der Waals surface area (Å²) in [6, 6.07) is 1.49. The molecule has 4 heteroatoms. The number of anilines is 1. The number of halogens is 2. The largest absolute Gasteiger partial charge is 0.395 e. The van der Waals surface area contributed by atoms with Gasteiger partial charge in [0.2, 0.25) is 0 Å². The van der Waals surface area contributed by atoms with Crippen molar-refractivity contribution in [3.63, 3.8) is 0 Å². The van der Waals surface area contributed by atoms with Gasteiger partial charge in [0.05, 0.1) is 10.7 Å². The number of rotatable bonds is 4. The number of hydrogen-bond acceptors (Lipinski definition) is 2. The van der Waals surface area contributed by atoms with Gasteiger partial charge in [0, 0.05) is 11.8 Å². The summed E-state index contributed by atoms with van der Waals surface area (Å²) in [6.45, 7) is 4.17. The van der Waals surface area contributed by atoms with Crippen LogP contribution in [0.1, 0.15) is 63.5 Å². The second-order valence-electron chi connectivity index (χ2n) is 6.80. The molecule has 2 aliphatic rings. The molecule has 3 rings (SSSR count). The molecule has 0 saturated carbocycles. The van der Waals surface area contributed by atoms with Gasteiger partial charge in [-0.2, -0.15) is 0 Å². The number of nitrogens with two attached hydrogens (primary N) is 1. The second-order valence-corrected chi connectivity index (χ2v) is 7.18. The molecule has 0 spiro atoms. The Morgan fingerprint density at radius 1 is 1.39 bits per heavy atom. The molecular formula is C19H23ClFNO. The van der Waals surface area contributed by atoms with E-state index in [1.165, 1.54) is 6.07 Å². The smallest absolute Gasteiger partial charge is 0.159 e. The van der Waals surface area contributed by atoms with E-state index in [0.717, 1.165) is 54.4 Å². The summed E-state index contributed by atoms with van der Waals surface area (Å²) in [5.74, 6) is -0.281. The predicted octanol–water partition coefficient (Wildman–Crippen LogP) is 5.32. The first-order valence-electron chi connectivity index (χ1n) is 8.48. The molecule has 2 nitrogen and oxygen atoms in total. The molecule has 0 fully saturated rings. The van der Waals surface area contributed by atoms with Gasteiger partial charge >= 0.3 is 0 Å². The highest BCUT2D eigenvalue weighted by Crippen LogP contribution is 2.58. The van der Waals surface area contributed by atoms with Gasteiger partial charge in [-0.25, -0.2) is 4.39 Å². The highest BCUT2D eigenvalue weighted by molar-refractivity contribution is 6.34. The summed E-state index contributed by atoms with van der Waals surface area (Å²) >= 11 is 6.36. The quantitative estimate of drug-likeness (QED) is 0.756. The number of ketones is 1. The fourth-order valence-electron chi connectivity index (χ4n) is 4.35. The molecule has 0 heterocycles. The zero-order valence-corrected chi connectivity index (χ0v) is 14.5. The average Bonchev–Trinajstić information content (AvgIpc) is 2.86. The minimum atomic E-state index is -0.485. The van der Waals surface area contributed by atoms with Crippen molar-refractivity contribution in [2.75, 3.05) is 5.73 Å². The molecule has 124 valence electrons. The SMILES string of the molecule is CCCCC12CCC(=O)C(CC)=C1c1cc(F)c(N)c(Cl)c1C2. The van der Waals surface area contributed by atoms with Crippen LogP contribution in [-0.4, -0.2) is 5.78 Å². The van der Waals surface area contributed by atoms with Crippen LogP contribution < -0.4 is 5.73 Å². The zero-order valence-electron chi connectivity index (χ0n) is 13.8. The summed E-state index contributed by atoms with van der Waals surface area (Å²) in [5, 5.41) is 0.334. The first-order valence-corrected chi connectivity index (χ1v) is 8.86. The van der Waals surface area contributed by atoms with E-state index in [2.05, 4.69) is 6.92 Å². The molecule has 0 aromatic heterocycles. The number of benzene rings is 1. The van der Waals surface area contributed by atoms with Crippen molar-refractivity contribution in [1.29, 1.82) is 0 Å². The van der Waals surface area contributed by atoms with Crippen LogP contribution in [0, 0.1) is 11.2 Å². The van der Waals surface area contributed by atoms with E-state index < -0.39 is 5.82 Å². The summed E-state index contributed by atoms with van der Waals surface area (Å²) in [6.07, 6.45) is 6.09. The Hall–Kier alpha value is -1.35. The Balaban J connectivity index is 2.26.